The average molecular weight is 276 g/mol. The SMILES string of the molecule is CCN(CC)C(=O)CCNC(C)c1ccc(C)cc1C. The third-order valence-corrected chi connectivity index (χ3v) is 3.80. The van der Waals surface area contributed by atoms with Crippen molar-refractivity contribution in [2.24, 2.45) is 0 Å². The number of hydrogen-bond acceptors (Lipinski definition) is 2. The molecule has 0 aliphatic heterocycles. The zero-order valence-corrected chi connectivity index (χ0v) is 13.5. The van der Waals surface area contributed by atoms with Crippen LogP contribution >= 0.6 is 0 Å². The van der Waals surface area contributed by atoms with E-state index in [4.69, 9.17) is 0 Å². The Labute approximate surface area is 123 Å². The Morgan fingerprint density at radius 1 is 1.25 bits per heavy atom. The minimum Gasteiger partial charge on any atom is -0.343 e. The molecular formula is C17H28N2O. The number of amides is 1. The zero-order chi connectivity index (χ0) is 15.1. The number of carbonyl (C=O) groups excluding carboxylic acids is 1. The first-order valence-electron chi connectivity index (χ1n) is 7.57. The van der Waals surface area contributed by atoms with E-state index in [0.717, 1.165) is 19.6 Å². The summed E-state index contributed by atoms with van der Waals surface area (Å²) in [5, 5.41) is 3.45. The van der Waals surface area contributed by atoms with Crippen molar-refractivity contribution in [3.63, 3.8) is 0 Å². The summed E-state index contributed by atoms with van der Waals surface area (Å²) in [6.45, 7) is 12.8. The summed E-state index contributed by atoms with van der Waals surface area (Å²) < 4.78 is 0. The third-order valence-electron chi connectivity index (χ3n) is 3.80. The summed E-state index contributed by atoms with van der Waals surface area (Å²) >= 11 is 0. The maximum atomic E-state index is 11.9. The van der Waals surface area contributed by atoms with Crippen molar-refractivity contribution >= 4 is 5.91 Å². The predicted molar refractivity (Wildman–Crippen MR) is 84.9 cm³/mol. The minimum atomic E-state index is 0.232. The van der Waals surface area contributed by atoms with E-state index in [1.165, 1.54) is 16.7 Å². The van der Waals surface area contributed by atoms with Crippen molar-refractivity contribution in [3.05, 3.63) is 34.9 Å². The number of benzene rings is 1. The summed E-state index contributed by atoms with van der Waals surface area (Å²) in [6.07, 6.45) is 0.566. The molecule has 0 fully saturated rings. The molecule has 0 radical (unpaired) electrons. The van der Waals surface area contributed by atoms with Crippen LogP contribution in [0.4, 0.5) is 0 Å². The summed E-state index contributed by atoms with van der Waals surface area (Å²) in [5.41, 5.74) is 3.90. The average Bonchev–Trinajstić information content (AvgIpc) is 2.39. The van der Waals surface area contributed by atoms with Gasteiger partial charge in [-0.3, -0.25) is 4.79 Å². The van der Waals surface area contributed by atoms with Gasteiger partial charge in [0.05, 0.1) is 0 Å². The van der Waals surface area contributed by atoms with Gasteiger partial charge in [0.2, 0.25) is 5.91 Å². The smallest absolute Gasteiger partial charge is 0.223 e. The lowest BCUT2D eigenvalue weighted by atomic mass is 10.0. The molecule has 0 spiro atoms. The highest BCUT2D eigenvalue weighted by atomic mass is 16.2. The summed E-state index contributed by atoms with van der Waals surface area (Å²) in [4.78, 5) is 13.8. The van der Waals surface area contributed by atoms with Crippen LogP contribution in [0.1, 0.15) is 49.9 Å². The van der Waals surface area contributed by atoms with Gasteiger partial charge in [0.1, 0.15) is 0 Å². The van der Waals surface area contributed by atoms with Crippen LogP contribution in [-0.4, -0.2) is 30.4 Å². The summed E-state index contributed by atoms with van der Waals surface area (Å²) in [7, 11) is 0. The van der Waals surface area contributed by atoms with Crippen molar-refractivity contribution in [2.45, 2.75) is 47.1 Å². The molecule has 20 heavy (non-hydrogen) atoms. The van der Waals surface area contributed by atoms with E-state index < -0.39 is 0 Å². The normalized spacial score (nSPS) is 12.2. The highest BCUT2D eigenvalue weighted by Gasteiger charge is 2.11. The quantitative estimate of drug-likeness (QED) is 0.829. The van der Waals surface area contributed by atoms with Crippen LogP contribution < -0.4 is 5.32 Å². The highest BCUT2D eigenvalue weighted by molar-refractivity contribution is 5.76. The molecular weight excluding hydrogens is 248 g/mol. The largest absolute Gasteiger partial charge is 0.343 e. The Kier molecular flexibility index (Phi) is 6.73. The van der Waals surface area contributed by atoms with Gasteiger partial charge in [0, 0.05) is 32.1 Å². The molecule has 0 aromatic heterocycles. The minimum absolute atomic E-state index is 0.232. The molecule has 3 heteroatoms. The molecule has 0 heterocycles. The van der Waals surface area contributed by atoms with Crippen molar-refractivity contribution in [1.82, 2.24) is 10.2 Å². The highest BCUT2D eigenvalue weighted by Crippen LogP contribution is 2.18. The van der Waals surface area contributed by atoms with Gasteiger partial charge in [-0.15, -0.1) is 0 Å². The van der Waals surface area contributed by atoms with Gasteiger partial charge in [-0.05, 0) is 45.7 Å². The van der Waals surface area contributed by atoms with Crippen molar-refractivity contribution in [2.75, 3.05) is 19.6 Å². The Balaban J connectivity index is 2.47. The van der Waals surface area contributed by atoms with Crippen LogP contribution in [0.15, 0.2) is 18.2 Å². The maximum Gasteiger partial charge on any atom is 0.223 e. The van der Waals surface area contributed by atoms with Gasteiger partial charge in [0.15, 0.2) is 0 Å². The number of rotatable bonds is 7. The molecule has 0 bridgehead atoms. The topological polar surface area (TPSA) is 32.3 Å². The Morgan fingerprint density at radius 2 is 1.90 bits per heavy atom. The molecule has 0 aliphatic carbocycles. The maximum absolute atomic E-state index is 11.9. The molecule has 0 saturated heterocycles. The molecule has 1 amide bonds. The van der Waals surface area contributed by atoms with Crippen LogP contribution in [0, 0.1) is 13.8 Å². The Hall–Kier alpha value is -1.35. The van der Waals surface area contributed by atoms with Gasteiger partial charge in [-0.2, -0.15) is 0 Å². The molecule has 1 rings (SSSR count). The van der Waals surface area contributed by atoms with Gasteiger partial charge < -0.3 is 10.2 Å². The molecule has 112 valence electrons. The standard InChI is InChI=1S/C17H28N2O/c1-6-19(7-2)17(20)10-11-18-15(5)16-9-8-13(3)12-14(16)4/h8-9,12,15,18H,6-7,10-11H2,1-5H3. The molecule has 1 unspecified atom stereocenters. The van der Waals surface area contributed by atoms with Crippen molar-refractivity contribution in [1.29, 1.82) is 0 Å². The lowest BCUT2D eigenvalue weighted by Crippen LogP contribution is -2.33. The molecule has 3 nitrogen and oxygen atoms in total. The molecule has 0 saturated carbocycles. The van der Waals surface area contributed by atoms with E-state index in [-0.39, 0.29) is 11.9 Å². The van der Waals surface area contributed by atoms with Crippen LogP contribution in [0.25, 0.3) is 0 Å². The molecule has 1 aromatic rings. The number of nitrogens with zero attached hydrogens (tertiary/aromatic N) is 1. The first-order chi connectivity index (χ1) is 9.49. The second-order valence-corrected chi connectivity index (χ2v) is 5.35. The van der Waals surface area contributed by atoms with Gasteiger partial charge in [-0.1, -0.05) is 23.8 Å². The van der Waals surface area contributed by atoms with E-state index in [2.05, 4.69) is 44.3 Å². The monoisotopic (exact) mass is 276 g/mol. The number of hydrogen-bond donors (Lipinski definition) is 1. The first kappa shape index (κ1) is 16.7. The van der Waals surface area contributed by atoms with Crippen LogP contribution in [0.5, 0.6) is 0 Å². The van der Waals surface area contributed by atoms with E-state index in [9.17, 15) is 4.79 Å². The molecule has 1 aromatic carbocycles. The fourth-order valence-electron chi connectivity index (χ4n) is 2.55. The Morgan fingerprint density at radius 3 is 2.45 bits per heavy atom. The van der Waals surface area contributed by atoms with E-state index in [1.807, 2.05) is 18.7 Å². The third kappa shape index (κ3) is 4.64. The molecule has 0 aliphatic rings. The van der Waals surface area contributed by atoms with Crippen LogP contribution in [-0.2, 0) is 4.79 Å². The van der Waals surface area contributed by atoms with Crippen LogP contribution in [0.2, 0.25) is 0 Å². The zero-order valence-electron chi connectivity index (χ0n) is 13.5. The fraction of sp³-hybridized carbons (Fsp3) is 0.588. The fourth-order valence-corrected chi connectivity index (χ4v) is 2.55. The van der Waals surface area contributed by atoms with Crippen molar-refractivity contribution < 1.29 is 4.79 Å². The van der Waals surface area contributed by atoms with E-state index in [1.54, 1.807) is 0 Å². The first-order valence-corrected chi connectivity index (χ1v) is 7.57. The number of aryl methyl sites for hydroxylation is 2. The number of nitrogens with one attached hydrogen (secondary N) is 1. The second-order valence-electron chi connectivity index (χ2n) is 5.35. The van der Waals surface area contributed by atoms with Crippen LogP contribution in [0.3, 0.4) is 0 Å². The number of carbonyl (C=O) groups is 1. The molecule has 1 N–H and O–H groups in total. The summed E-state index contributed by atoms with van der Waals surface area (Å²) in [6, 6.07) is 6.80. The van der Waals surface area contributed by atoms with Crippen molar-refractivity contribution in [3.8, 4) is 0 Å². The predicted octanol–water partition coefficient (Wildman–Crippen LogP) is 3.21. The summed E-state index contributed by atoms with van der Waals surface area (Å²) in [5.74, 6) is 0.232. The lowest BCUT2D eigenvalue weighted by Gasteiger charge is -2.20. The molecule has 1 atom stereocenters. The van der Waals surface area contributed by atoms with Gasteiger partial charge in [-0.25, -0.2) is 0 Å². The van der Waals surface area contributed by atoms with Gasteiger partial charge >= 0.3 is 0 Å². The van der Waals surface area contributed by atoms with E-state index in [0.29, 0.717) is 6.42 Å². The van der Waals surface area contributed by atoms with E-state index >= 15 is 0 Å². The lowest BCUT2D eigenvalue weighted by molar-refractivity contribution is -0.130. The van der Waals surface area contributed by atoms with Gasteiger partial charge in [0.25, 0.3) is 0 Å². The Bertz CT molecular complexity index is 439. The second kappa shape index (κ2) is 8.05.